The molecule has 1 aromatic heterocycles. The molecule has 0 atom stereocenters. The topological polar surface area (TPSA) is 94.3 Å². The molecule has 0 radical (unpaired) electrons. The minimum absolute atomic E-state index is 0.286. The van der Waals surface area contributed by atoms with Gasteiger partial charge in [-0.05, 0) is 18.2 Å². The van der Waals surface area contributed by atoms with Gasteiger partial charge in [-0.25, -0.2) is 4.98 Å². The van der Waals surface area contributed by atoms with E-state index in [0.29, 0.717) is 17.1 Å². The van der Waals surface area contributed by atoms with Crippen LogP contribution >= 0.6 is 11.3 Å². The number of nitrogens with zero attached hydrogens (tertiary/aromatic N) is 1. The van der Waals surface area contributed by atoms with Gasteiger partial charge in [0, 0.05) is 10.9 Å². The highest BCUT2D eigenvalue weighted by atomic mass is 32.1. The van der Waals surface area contributed by atoms with Crippen LogP contribution in [0.4, 0.5) is 5.69 Å². The fourth-order valence-electron chi connectivity index (χ4n) is 1.47. The fourth-order valence-corrected chi connectivity index (χ4v) is 2.00. The highest BCUT2D eigenvalue weighted by Gasteiger charge is 2.13. The molecule has 3 N–H and O–H groups in total. The summed E-state index contributed by atoms with van der Waals surface area (Å²) in [6.45, 7) is 0. The number of benzene rings is 1. The Bertz CT molecular complexity index is 611. The molecule has 19 heavy (non-hydrogen) atoms. The first-order valence-corrected chi connectivity index (χ1v) is 6.23. The van der Waals surface area contributed by atoms with Crippen molar-refractivity contribution in [3.63, 3.8) is 0 Å². The summed E-state index contributed by atoms with van der Waals surface area (Å²) in [4.78, 5) is 26.9. The third-order valence-electron chi connectivity index (χ3n) is 2.40. The van der Waals surface area contributed by atoms with Crippen molar-refractivity contribution < 1.29 is 14.3 Å². The molecule has 2 amide bonds. The van der Waals surface area contributed by atoms with E-state index in [1.54, 1.807) is 17.0 Å². The standard InChI is InChI=1S/C12H11N3O3S/c1-18-10-3-2-7(11(13)16)4-8(10)15-12(17)9-5-19-6-14-9/h2-6H,1H3,(H2,13,16)(H,15,17). The summed E-state index contributed by atoms with van der Waals surface area (Å²) in [5.74, 6) is -0.512. The van der Waals surface area contributed by atoms with Crippen molar-refractivity contribution in [3.8, 4) is 5.75 Å². The monoisotopic (exact) mass is 277 g/mol. The zero-order chi connectivity index (χ0) is 13.8. The predicted octanol–water partition coefficient (Wildman–Crippen LogP) is 1.50. The lowest BCUT2D eigenvalue weighted by atomic mass is 10.1. The molecule has 1 aromatic carbocycles. The second-order valence-corrected chi connectivity index (χ2v) is 4.33. The lowest BCUT2D eigenvalue weighted by molar-refractivity contribution is 0.0995. The van der Waals surface area contributed by atoms with Gasteiger partial charge in [-0.2, -0.15) is 0 Å². The molecule has 0 unspecified atom stereocenters. The predicted molar refractivity (Wildman–Crippen MR) is 71.6 cm³/mol. The van der Waals surface area contributed by atoms with Crippen molar-refractivity contribution in [2.45, 2.75) is 0 Å². The summed E-state index contributed by atoms with van der Waals surface area (Å²) in [5, 5.41) is 4.26. The number of nitrogens with two attached hydrogens (primary N) is 1. The Morgan fingerprint density at radius 2 is 2.21 bits per heavy atom. The molecule has 0 bridgehead atoms. The molecular formula is C12H11N3O3S. The first-order valence-electron chi connectivity index (χ1n) is 5.29. The Kier molecular flexibility index (Phi) is 3.76. The molecular weight excluding hydrogens is 266 g/mol. The first-order chi connectivity index (χ1) is 9.11. The number of aromatic nitrogens is 1. The molecule has 0 aliphatic heterocycles. The number of methoxy groups -OCH3 is 1. The summed E-state index contributed by atoms with van der Waals surface area (Å²) < 4.78 is 5.11. The van der Waals surface area contributed by atoms with Crippen molar-refractivity contribution in [2.24, 2.45) is 5.73 Å². The van der Waals surface area contributed by atoms with Gasteiger partial charge in [0.25, 0.3) is 5.91 Å². The minimum Gasteiger partial charge on any atom is -0.495 e. The largest absolute Gasteiger partial charge is 0.495 e. The third-order valence-corrected chi connectivity index (χ3v) is 2.98. The van der Waals surface area contributed by atoms with Crippen LogP contribution < -0.4 is 15.8 Å². The van der Waals surface area contributed by atoms with Gasteiger partial charge in [-0.3, -0.25) is 9.59 Å². The zero-order valence-corrected chi connectivity index (χ0v) is 10.9. The van der Waals surface area contributed by atoms with Crippen LogP contribution in [0, 0.1) is 0 Å². The molecule has 1 heterocycles. The Hall–Kier alpha value is -2.41. The number of nitrogens with one attached hydrogen (secondary N) is 1. The van der Waals surface area contributed by atoms with E-state index in [1.165, 1.54) is 30.6 Å². The van der Waals surface area contributed by atoms with Gasteiger partial charge in [0.05, 0.1) is 18.3 Å². The number of rotatable bonds is 4. The van der Waals surface area contributed by atoms with E-state index >= 15 is 0 Å². The average Bonchev–Trinajstić information content (AvgIpc) is 2.92. The van der Waals surface area contributed by atoms with Gasteiger partial charge in [-0.15, -0.1) is 11.3 Å². The second kappa shape index (κ2) is 5.49. The van der Waals surface area contributed by atoms with Crippen LogP contribution in [-0.4, -0.2) is 23.9 Å². The number of carbonyl (C=O) groups is 2. The Morgan fingerprint density at radius 1 is 1.42 bits per heavy atom. The van der Waals surface area contributed by atoms with E-state index in [2.05, 4.69) is 10.3 Å². The average molecular weight is 277 g/mol. The molecule has 0 saturated heterocycles. The van der Waals surface area contributed by atoms with Gasteiger partial charge >= 0.3 is 0 Å². The SMILES string of the molecule is COc1ccc(C(N)=O)cc1NC(=O)c1cscn1. The van der Waals surface area contributed by atoms with Crippen molar-refractivity contribution in [1.29, 1.82) is 0 Å². The summed E-state index contributed by atoms with van der Waals surface area (Å²) in [7, 11) is 1.47. The van der Waals surface area contributed by atoms with Crippen LogP contribution in [0.5, 0.6) is 5.75 Å². The summed E-state index contributed by atoms with van der Waals surface area (Å²) >= 11 is 1.32. The highest BCUT2D eigenvalue weighted by Crippen LogP contribution is 2.25. The summed E-state index contributed by atoms with van der Waals surface area (Å²) in [6.07, 6.45) is 0. The second-order valence-electron chi connectivity index (χ2n) is 3.61. The van der Waals surface area contributed by atoms with Gasteiger partial charge in [-0.1, -0.05) is 0 Å². The van der Waals surface area contributed by atoms with Crippen LogP contribution in [0.1, 0.15) is 20.8 Å². The van der Waals surface area contributed by atoms with E-state index in [1.807, 2.05) is 0 Å². The quantitative estimate of drug-likeness (QED) is 0.885. The lowest BCUT2D eigenvalue weighted by Gasteiger charge is -2.10. The Balaban J connectivity index is 2.30. The van der Waals surface area contributed by atoms with E-state index in [4.69, 9.17) is 10.5 Å². The summed E-state index contributed by atoms with van der Waals surface area (Å²) in [5.41, 5.74) is 7.72. The van der Waals surface area contributed by atoms with Gasteiger partial charge in [0.2, 0.25) is 5.91 Å². The highest BCUT2D eigenvalue weighted by molar-refractivity contribution is 7.07. The van der Waals surface area contributed by atoms with Crippen LogP contribution in [0.25, 0.3) is 0 Å². The van der Waals surface area contributed by atoms with Gasteiger partial charge in [0.1, 0.15) is 11.4 Å². The summed E-state index contributed by atoms with van der Waals surface area (Å²) in [6, 6.07) is 4.56. The lowest BCUT2D eigenvalue weighted by Crippen LogP contribution is -2.15. The number of hydrogen-bond donors (Lipinski definition) is 2. The molecule has 0 fully saturated rings. The van der Waals surface area contributed by atoms with Gasteiger partial charge < -0.3 is 15.8 Å². The maximum Gasteiger partial charge on any atom is 0.275 e. The number of amides is 2. The zero-order valence-electron chi connectivity index (χ0n) is 10.0. The Morgan fingerprint density at radius 3 is 2.79 bits per heavy atom. The van der Waals surface area contributed by atoms with Crippen molar-refractivity contribution in [3.05, 3.63) is 40.3 Å². The normalized spacial score (nSPS) is 9.95. The smallest absolute Gasteiger partial charge is 0.275 e. The van der Waals surface area contributed by atoms with E-state index in [0.717, 1.165) is 0 Å². The van der Waals surface area contributed by atoms with E-state index < -0.39 is 5.91 Å². The van der Waals surface area contributed by atoms with Crippen LogP contribution in [0.15, 0.2) is 29.1 Å². The van der Waals surface area contributed by atoms with E-state index in [-0.39, 0.29) is 11.5 Å². The third kappa shape index (κ3) is 2.89. The van der Waals surface area contributed by atoms with Crippen molar-refractivity contribution in [1.82, 2.24) is 4.98 Å². The van der Waals surface area contributed by atoms with Crippen molar-refractivity contribution in [2.75, 3.05) is 12.4 Å². The maximum atomic E-state index is 11.9. The fraction of sp³-hybridized carbons (Fsp3) is 0.0833. The van der Waals surface area contributed by atoms with Crippen LogP contribution in [0.2, 0.25) is 0 Å². The molecule has 0 spiro atoms. The molecule has 0 aliphatic rings. The number of ether oxygens (including phenoxy) is 1. The molecule has 6 nitrogen and oxygen atoms in total. The number of anilines is 1. The number of thiazole rings is 1. The van der Waals surface area contributed by atoms with Crippen LogP contribution in [-0.2, 0) is 0 Å². The number of hydrogen-bond acceptors (Lipinski definition) is 5. The van der Waals surface area contributed by atoms with Crippen LogP contribution in [0.3, 0.4) is 0 Å². The Labute approximate surface area is 113 Å². The molecule has 7 heteroatoms. The molecule has 0 saturated carbocycles. The number of primary amides is 1. The van der Waals surface area contributed by atoms with E-state index in [9.17, 15) is 9.59 Å². The maximum absolute atomic E-state index is 11.9. The first kappa shape index (κ1) is 13.0. The minimum atomic E-state index is -0.577. The number of carbonyl (C=O) groups excluding carboxylic acids is 2. The van der Waals surface area contributed by atoms with Crippen molar-refractivity contribution >= 4 is 28.8 Å². The molecule has 98 valence electrons. The molecule has 0 aliphatic carbocycles. The molecule has 2 rings (SSSR count). The molecule has 2 aromatic rings. The van der Waals surface area contributed by atoms with Gasteiger partial charge in [0.15, 0.2) is 0 Å².